The van der Waals surface area contributed by atoms with E-state index in [1.54, 1.807) is 6.26 Å². The molecule has 0 unspecified atom stereocenters. The highest BCUT2D eigenvalue weighted by molar-refractivity contribution is 7.98. The third kappa shape index (κ3) is 2.70. The summed E-state index contributed by atoms with van der Waals surface area (Å²) in [6.45, 7) is 1.86. The molecule has 0 radical (unpaired) electrons. The average Bonchev–Trinajstić information content (AvgIpc) is 3.25. The second kappa shape index (κ2) is 5.99. The number of hydrogen-bond donors (Lipinski definition) is 0. The number of aryl methyl sites for hydroxylation is 2. The number of nitrogens with zero attached hydrogens (tertiary/aromatic N) is 4. The van der Waals surface area contributed by atoms with Crippen LogP contribution in [0.1, 0.15) is 11.6 Å². The molecule has 1 aromatic carbocycles. The maximum Gasteiger partial charge on any atom is 0.277 e. The molecule has 4 rings (SSSR count). The van der Waals surface area contributed by atoms with E-state index in [-0.39, 0.29) is 0 Å². The van der Waals surface area contributed by atoms with Gasteiger partial charge >= 0.3 is 0 Å². The Labute approximate surface area is 146 Å². The number of halogens is 1. The number of rotatable bonds is 4. The molecule has 0 aliphatic rings. The van der Waals surface area contributed by atoms with Gasteiger partial charge in [-0.05, 0) is 31.2 Å². The molecule has 0 N–H and O–H groups in total. The van der Waals surface area contributed by atoms with Crippen LogP contribution in [0.15, 0.2) is 44.6 Å². The van der Waals surface area contributed by atoms with E-state index in [9.17, 15) is 0 Å². The number of fused-ring (bicyclic) bond motifs is 1. The molecule has 0 aliphatic carbocycles. The molecule has 0 amide bonds. The van der Waals surface area contributed by atoms with Gasteiger partial charge < -0.3 is 13.4 Å². The van der Waals surface area contributed by atoms with E-state index in [4.69, 9.17) is 20.4 Å². The van der Waals surface area contributed by atoms with E-state index in [1.807, 2.05) is 42.8 Å². The van der Waals surface area contributed by atoms with Crippen LogP contribution in [0.5, 0.6) is 0 Å². The van der Waals surface area contributed by atoms with Gasteiger partial charge in [0.2, 0.25) is 0 Å². The van der Waals surface area contributed by atoms with Crippen LogP contribution in [0.2, 0.25) is 5.02 Å². The van der Waals surface area contributed by atoms with Crippen molar-refractivity contribution >= 4 is 34.4 Å². The van der Waals surface area contributed by atoms with Crippen LogP contribution >= 0.6 is 23.4 Å². The highest BCUT2D eigenvalue weighted by Crippen LogP contribution is 2.28. The van der Waals surface area contributed by atoms with Crippen LogP contribution in [0.4, 0.5) is 0 Å². The molecule has 8 heteroatoms. The number of hydrogen-bond acceptors (Lipinski definition) is 6. The molecular formula is C16H13ClN4O2S. The van der Waals surface area contributed by atoms with Crippen molar-refractivity contribution in [3.8, 4) is 11.5 Å². The van der Waals surface area contributed by atoms with Crippen LogP contribution in [-0.2, 0) is 12.8 Å². The van der Waals surface area contributed by atoms with E-state index >= 15 is 0 Å². The molecule has 3 aromatic heterocycles. The normalized spacial score (nSPS) is 11.5. The first kappa shape index (κ1) is 15.3. The molecule has 0 saturated heterocycles. The highest BCUT2D eigenvalue weighted by atomic mass is 35.5. The van der Waals surface area contributed by atoms with Crippen LogP contribution in [0, 0.1) is 6.92 Å². The minimum atomic E-state index is 0.459. The van der Waals surface area contributed by atoms with Gasteiger partial charge in [-0.15, -0.1) is 10.2 Å². The summed E-state index contributed by atoms with van der Waals surface area (Å²) in [6, 6.07) is 7.50. The van der Waals surface area contributed by atoms with Crippen molar-refractivity contribution < 1.29 is 8.83 Å². The van der Waals surface area contributed by atoms with Gasteiger partial charge in [0.05, 0.1) is 28.6 Å². The number of imidazole rings is 1. The molecule has 6 nitrogen and oxygen atoms in total. The zero-order valence-electron chi connectivity index (χ0n) is 13.0. The Morgan fingerprint density at radius 1 is 1.25 bits per heavy atom. The van der Waals surface area contributed by atoms with Crippen molar-refractivity contribution in [1.82, 2.24) is 19.7 Å². The Hall–Kier alpha value is -2.25. The van der Waals surface area contributed by atoms with Gasteiger partial charge in [0.1, 0.15) is 11.6 Å². The number of aromatic nitrogens is 4. The maximum absolute atomic E-state index is 6.02. The summed E-state index contributed by atoms with van der Waals surface area (Å²) in [5.74, 6) is 2.74. The topological polar surface area (TPSA) is 69.9 Å². The van der Waals surface area contributed by atoms with Crippen LogP contribution in [0.25, 0.3) is 22.5 Å². The van der Waals surface area contributed by atoms with Crippen LogP contribution in [-0.4, -0.2) is 19.7 Å². The Bertz CT molecular complexity index is 1020. The van der Waals surface area contributed by atoms with Crippen molar-refractivity contribution in [2.45, 2.75) is 17.9 Å². The smallest absolute Gasteiger partial charge is 0.277 e. The summed E-state index contributed by atoms with van der Waals surface area (Å²) in [7, 11) is 1.98. The summed E-state index contributed by atoms with van der Waals surface area (Å²) < 4.78 is 13.0. The predicted octanol–water partition coefficient (Wildman–Crippen LogP) is 4.47. The molecule has 4 aromatic rings. The van der Waals surface area contributed by atoms with Gasteiger partial charge in [-0.1, -0.05) is 23.4 Å². The lowest BCUT2D eigenvalue weighted by Gasteiger charge is -1.99. The van der Waals surface area contributed by atoms with E-state index in [0.717, 1.165) is 28.2 Å². The molecule has 3 heterocycles. The number of furan rings is 1. The lowest BCUT2D eigenvalue weighted by molar-refractivity contribution is 0.463. The zero-order chi connectivity index (χ0) is 16.7. The van der Waals surface area contributed by atoms with Crippen molar-refractivity contribution in [3.63, 3.8) is 0 Å². The molecular weight excluding hydrogens is 348 g/mol. The van der Waals surface area contributed by atoms with Gasteiger partial charge in [0.15, 0.2) is 0 Å². The first-order valence-corrected chi connectivity index (χ1v) is 8.60. The minimum Gasteiger partial charge on any atom is -0.469 e. The molecule has 122 valence electrons. The molecule has 0 aliphatic heterocycles. The van der Waals surface area contributed by atoms with E-state index < -0.39 is 0 Å². The van der Waals surface area contributed by atoms with Crippen LogP contribution < -0.4 is 0 Å². The summed E-state index contributed by atoms with van der Waals surface area (Å²) in [4.78, 5) is 4.61. The van der Waals surface area contributed by atoms with E-state index in [1.165, 1.54) is 11.8 Å². The fraction of sp³-hybridized carbons (Fsp3) is 0.188. The Morgan fingerprint density at radius 2 is 2.12 bits per heavy atom. The van der Waals surface area contributed by atoms with Crippen molar-refractivity contribution in [3.05, 3.63) is 47.1 Å². The fourth-order valence-electron chi connectivity index (χ4n) is 2.46. The van der Waals surface area contributed by atoms with E-state index in [0.29, 0.717) is 21.9 Å². The molecule has 24 heavy (non-hydrogen) atoms. The number of benzene rings is 1. The van der Waals surface area contributed by atoms with Gasteiger partial charge in [0.25, 0.3) is 11.1 Å². The Kier molecular flexibility index (Phi) is 3.82. The highest BCUT2D eigenvalue weighted by Gasteiger charge is 2.15. The number of thioether (sulfide) groups is 1. The zero-order valence-corrected chi connectivity index (χ0v) is 14.6. The van der Waals surface area contributed by atoms with E-state index in [2.05, 4.69) is 15.2 Å². The maximum atomic E-state index is 6.02. The second-order valence-corrected chi connectivity index (χ2v) is 6.64. The van der Waals surface area contributed by atoms with Crippen molar-refractivity contribution in [2.24, 2.45) is 7.05 Å². The minimum absolute atomic E-state index is 0.459. The van der Waals surface area contributed by atoms with Crippen molar-refractivity contribution in [2.75, 3.05) is 0 Å². The lowest BCUT2D eigenvalue weighted by Crippen LogP contribution is -1.95. The van der Waals surface area contributed by atoms with Gasteiger partial charge in [-0.2, -0.15) is 0 Å². The standard InChI is InChI=1S/C16H13ClN4O2S/c1-9-11(5-6-22-9)15-19-20-16(23-15)24-8-14-18-12-7-10(17)3-4-13(12)21(14)2/h3-7H,8H2,1-2H3. The molecule has 0 saturated carbocycles. The Morgan fingerprint density at radius 3 is 2.92 bits per heavy atom. The Balaban J connectivity index is 1.54. The monoisotopic (exact) mass is 360 g/mol. The predicted molar refractivity (Wildman–Crippen MR) is 92.0 cm³/mol. The summed E-state index contributed by atoms with van der Waals surface area (Å²) in [5.41, 5.74) is 2.72. The van der Waals surface area contributed by atoms with Gasteiger partial charge in [0, 0.05) is 12.1 Å². The summed E-state index contributed by atoms with van der Waals surface area (Å²) >= 11 is 7.47. The quantitative estimate of drug-likeness (QED) is 0.500. The summed E-state index contributed by atoms with van der Waals surface area (Å²) in [5, 5.41) is 9.31. The average molecular weight is 361 g/mol. The molecule has 0 fully saturated rings. The molecule has 0 bridgehead atoms. The van der Waals surface area contributed by atoms with Gasteiger partial charge in [-0.25, -0.2) is 4.98 Å². The summed E-state index contributed by atoms with van der Waals surface area (Å²) in [6.07, 6.45) is 1.60. The third-order valence-corrected chi connectivity index (χ3v) is 4.81. The first-order valence-electron chi connectivity index (χ1n) is 7.23. The molecule has 0 spiro atoms. The van der Waals surface area contributed by atoms with Crippen molar-refractivity contribution in [1.29, 1.82) is 0 Å². The SMILES string of the molecule is Cc1occc1-c1nnc(SCc2nc3cc(Cl)ccc3n2C)o1. The van der Waals surface area contributed by atoms with Gasteiger partial charge in [-0.3, -0.25) is 0 Å². The third-order valence-electron chi connectivity index (χ3n) is 3.76. The fourth-order valence-corrected chi connectivity index (χ4v) is 3.38. The molecule has 0 atom stereocenters. The second-order valence-electron chi connectivity index (χ2n) is 5.27. The first-order chi connectivity index (χ1) is 11.6. The largest absolute Gasteiger partial charge is 0.469 e. The van der Waals surface area contributed by atoms with Crippen LogP contribution in [0.3, 0.4) is 0 Å². The lowest BCUT2D eigenvalue weighted by atomic mass is 10.3.